The summed E-state index contributed by atoms with van der Waals surface area (Å²) in [6, 6.07) is 9.07. The zero-order chi connectivity index (χ0) is 14.7. The topological polar surface area (TPSA) is 55.0 Å². The summed E-state index contributed by atoms with van der Waals surface area (Å²) >= 11 is 1.45. The van der Waals surface area contributed by atoms with Crippen LogP contribution in [0.1, 0.15) is 28.6 Å². The van der Waals surface area contributed by atoms with Gasteiger partial charge in [0.15, 0.2) is 0 Å². The molecule has 1 heterocycles. The number of fused-ring (bicyclic) bond motifs is 1. The van der Waals surface area contributed by atoms with Gasteiger partial charge < -0.3 is 5.73 Å². The lowest BCUT2D eigenvalue weighted by atomic mass is 10.1. The molecular formula is C16H18N4S. The molecule has 0 unspecified atom stereocenters. The quantitative estimate of drug-likeness (QED) is 0.861. The Morgan fingerprint density at radius 1 is 1.38 bits per heavy atom. The van der Waals surface area contributed by atoms with Crippen LogP contribution >= 0.6 is 11.3 Å². The molecule has 1 atom stereocenters. The fraction of sp³-hybridized carbons (Fsp3) is 0.375. The van der Waals surface area contributed by atoms with Crippen LogP contribution in [0.15, 0.2) is 24.3 Å². The number of benzene rings is 1. The van der Waals surface area contributed by atoms with E-state index in [-0.39, 0.29) is 0 Å². The monoisotopic (exact) mass is 298 g/mol. The first-order valence-electron chi connectivity index (χ1n) is 7.11. The average molecular weight is 298 g/mol. The zero-order valence-corrected chi connectivity index (χ0v) is 12.6. The maximum atomic E-state index is 5.63. The molecule has 1 aromatic heterocycles. The predicted octanol–water partition coefficient (Wildman–Crippen LogP) is 2.29. The summed E-state index contributed by atoms with van der Waals surface area (Å²) in [5, 5.41) is 9.45. The predicted molar refractivity (Wildman–Crippen MR) is 85.9 cm³/mol. The number of rotatable bonds is 5. The molecule has 0 bridgehead atoms. The van der Waals surface area contributed by atoms with Crippen LogP contribution in [0.4, 0.5) is 5.13 Å². The number of nitrogens with zero attached hydrogens (tertiary/aromatic N) is 3. The fourth-order valence-corrected chi connectivity index (χ4v) is 3.58. The Morgan fingerprint density at radius 2 is 2.24 bits per heavy atom. The largest absolute Gasteiger partial charge is 0.374 e. The van der Waals surface area contributed by atoms with Crippen LogP contribution in [0.25, 0.3) is 0 Å². The third-order valence-electron chi connectivity index (χ3n) is 3.93. The number of aromatic nitrogens is 2. The molecular weight excluding hydrogens is 280 g/mol. The van der Waals surface area contributed by atoms with Gasteiger partial charge in [-0.05, 0) is 24.0 Å². The van der Waals surface area contributed by atoms with E-state index in [1.165, 1.54) is 22.5 Å². The maximum absolute atomic E-state index is 5.63. The summed E-state index contributed by atoms with van der Waals surface area (Å²) in [5.41, 5.74) is 8.50. The molecule has 0 saturated carbocycles. The van der Waals surface area contributed by atoms with Crippen molar-refractivity contribution in [2.75, 3.05) is 18.8 Å². The van der Waals surface area contributed by atoms with Gasteiger partial charge in [0.2, 0.25) is 5.13 Å². The highest BCUT2D eigenvalue weighted by Crippen LogP contribution is 2.35. The molecule has 1 aliphatic rings. The van der Waals surface area contributed by atoms with Crippen molar-refractivity contribution in [3.8, 4) is 12.3 Å². The molecule has 21 heavy (non-hydrogen) atoms. The van der Waals surface area contributed by atoms with Gasteiger partial charge in [-0.15, -0.1) is 16.6 Å². The van der Waals surface area contributed by atoms with Crippen LogP contribution in [0, 0.1) is 12.3 Å². The minimum Gasteiger partial charge on any atom is -0.374 e. The molecule has 1 aliphatic carbocycles. The Morgan fingerprint density at radius 3 is 3.00 bits per heavy atom. The van der Waals surface area contributed by atoms with E-state index in [9.17, 15) is 0 Å². The van der Waals surface area contributed by atoms with Gasteiger partial charge in [0, 0.05) is 19.0 Å². The van der Waals surface area contributed by atoms with Gasteiger partial charge in [0.1, 0.15) is 5.01 Å². The van der Waals surface area contributed by atoms with Gasteiger partial charge in [-0.2, -0.15) is 0 Å². The molecule has 0 saturated heterocycles. The van der Waals surface area contributed by atoms with E-state index in [2.05, 4.69) is 45.3 Å². The molecule has 5 heteroatoms. The number of anilines is 1. The molecule has 3 rings (SSSR count). The van der Waals surface area contributed by atoms with E-state index in [4.69, 9.17) is 12.2 Å². The van der Waals surface area contributed by atoms with E-state index in [1.807, 2.05) is 0 Å². The number of nitrogen functional groups attached to an aromatic ring is 1. The molecule has 0 fully saturated rings. The minimum absolute atomic E-state index is 0.419. The molecule has 4 nitrogen and oxygen atoms in total. The second kappa shape index (κ2) is 6.25. The summed E-state index contributed by atoms with van der Waals surface area (Å²) in [5.74, 6) is 2.79. The highest BCUT2D eigenvalue weighted by atomic mass is 32.1. The van der Waals surface area contributed by atoms with Crippen molar-refractivity contribution < 1.29 is 0 Å². The van der Waals surface area contributed by atoms with Crippen molar-refractivity contribution in [1.82, 2.24) is 15.1 Å². The van der Waals surface area contributed by atoms with E-state index in [0.29, 0.717) is 17.7 Å². The fourth-order valence-electron chi connectivity index (χ4n) is 2.98. The first-order valence-corrected chi connectivity index (χ1v) is 7.92. The molecule has 2 N–H and O–H groups in total. The van der Waals surface area contributed by atoms with Gasteiger partial charge in [-0.1, -0.05) is 41.5 Å². The van der Waals surface area contributed by atoms with E-state index in [1.54, 1.807) is 0 Å². The first-order chi connectivity index (χ1) is 10.3. The molecule has 0 amide bonds. The average Bonchev–Trinajstić information content (AvgIpc) is 3.10. The molecule has 2 aromatic rings. The molecule has 1 aromatic carbocycles. The number of nitrogens with two attached hydrogens (primary N) is 1. The maximum Gasteiger partial charge on any atom is 0.203 e. The van der Waals surface area contributed by atoms with Crippen LogP contribution in [-0.4, -0.2) is 28.2 Å². The van der Waals surface area contributed by atoms with E-state index < -0.39 is 0 Å². The van der Waals surface area contributed by atoms with Crippen LogP contribution in [0.2, 0.25) is 0 Å². The summed E-state index contributed by atoms with van der Waals surface area (Å²) in [7, 11) is 0. The van der Waals surface area contributed by atoms with Crippen molar-refractivity contribution in [1.29, 1.82) is 0 Å². The van der Waals surface area contributed by atoms with Crippen molar-refractivity contribution in [3.05, 3.63) is 40.4 Å². The second-order valence-electron chi connectivity index (χ2n) is 5.21. The number of hydrogen-bond acceptors (Lipinski definition) is 5. The van der Waals surface area contributed by atoms with Crippen molar-refractivity contribution >= 4 is 16.5 Å². The number of terminal acetylenes is 1. The lowest BCUT2D eigenvalue weighted by Crippen LogP contribution is -2.30. The second-order valence-corrected chi connectivity index (χ2v) is 6.31. The normalized spacial score (nSPS) is 16.9. The van der Waals surface area contributed by atoms with Gasteiger partial charge in [-0.25, -0.2) is 0 Å². The molecule has 108 valence electrons. The summed E-state index contributed by atoms with van der Waals surface area (Å²) in [6.07, 6.45) is 8.67. The van der Waals surface area contributed by atoms with Crippen molar-refractivity contribution in [2.45, 2.75) is 25.3 Å². The zero-order valence-electron chi connectivity index (χ0n) is 11.8. The highest BCUT2D eigenvalue weighted by Gasteiger charge is 2.27. The summed E-state index contributed by atoms with van der Waals surface area (Å²) in [6.45, 7) is 1.55. The van der Waals surface area contributed by atoms with Crippen LogP contribution in [0.3, 0.4) is 0 Å². The van der Waals surface area contributed by atoms with Gasteiger partial charge >= 0.3 is 0 Å². The van der Waals surface area contributed by atoms with Crippen LogP contribution in [-0.2, 0) is 12.8 Å². The lowest BCUT2D eigenvalue weighted by Gasteiger charge is -2.27. The third kappa shape index (κ3) is 3.07. The molecule has 0 spiro atoms. The standard InChI is InChI=1S/C16H18N4S/c1-2-10-20(11-9-15-18-19-16(17)21-15)14-8-7-12-5-3-4-6-13(12)14/h1,3-6,14H,7-11H2,(H2,17,19)/t14-/m1/s1. The Hall–Kier alpha value is -1.90. The third-order valence-corrected chi connectivity index (χ3v) is 4.74. The Bertz CT molecular complexity index is 658. The van der Waals surface area contributed by atoms with Gasteiger partial charge in [0.05, 0.1) is 6.54 Å². The Balaban J connectivity index is 1.72. The lowest BCUT2D eigenvalue weighted by molar-refractivity contribution is 0.224. The summed E-state index contributed by atoms with van der Waals surface area (Å²) in [4.78, 5) is 2.36. The Kier molecular flexibility index (Phi) is 4.18. The SMILES string of the molecule is C#CCN(CCc1nnc(N)s1)[C@@H]1CCc2ccccc21. The molecule has 0 aliphatic heterocycles. The van der Waals surface area contributed by atoms with Gasteiger partial charge in [-0.3, -0.25) is 4.90 Å². The Labute approximate surface area is 129 Å². The van der Waals surface area contributed by atoms with Gasteiger partial charge in [0.25, 0.3) is 0 Å². The number of aryl methyl sites for hydroxylation is 1. The first kappa shape index (κ1) is 14.1. The van der Waals surface area contributed by atoms with E-state index >= 15 is 0 Å². The number of hydrogen-bond donors (Lipinski definition) is 1. The van der Waals surface area contributed by atoms with Crippen molar-refractivity contribution in [3.63, 3.8) is 0 Å². The molecule has 0 radical (unpaired) electrons. The van der Waals surface area contributed by atoms with Crippen LogP contribution < -0.4 is 5.73 Å². The highest BCUT2D eigenvalue weighted by molar-refractivity contribution is 7.15. The summed E-state index contributed by atoms with van der Waals surface area (Å²) < 4.78 is 0. The smallest absolute Gasteiger partial charge is 0.203 e. The van der Waals surface area contributed by atoms with E-state index in [0.717, 1.165) is 30.8 Å². The van der Waals surface area contributed by atoms with Crippen LogP contribution in [0.5, 0.6) is 0 Å². The van der Waals surface area contributed by atoms with Crippen molar-refractivity contribution in [2.24, 2.45) is 0 Å². The minimum atomic E-state index is 0.419.